The van der Waals surface area contributed by atoms with Crippen molar-refractivity contribution in [2.75, 3.05) is 19.6 Å². The molecule has 0 spiro atoms. The Bertz CT molecular complexity index is 1160. The van der Waals surface area contributed by atoms with Gasteiger partial charge in [-0.3, -0.25) is 14.6 Å². The highest BCUT2D eigenvalue weighted by Crippen LogP contribution is 2.29. The largest absolute Gasteiger partial charge is 0.343 e. The van der Waals surface area contributed by atoms with Gasteiger partial charge in [0.1, 0.15) is 0 Å². The number of hydrogen-bond donors (Lipinski definition) is 1. The molecule has 0 bridgehead atoms. The second-order valence-electron chi connectivity index (χ2n) is 8.04. The van der Waals surface area contributed by atoms with E-state index in [1.807, 2.05) is 24.4 Å². The van der Waals surface area contributed by atoms with Gasteiger partial charge in [-0.15, -0.1) is 0 Å². The molecule has 8 heteroatoms. The van der Waals surface area contributed by atoms with E-state index in [1.165, 1.54) is 5.56 Å². The molecule has 0 atom stereocenters. The lowest BCUT2D eigenvalue weighted by Gasteiger charge is -2.30. The van der Waals surface area contributed by atoms with Gasteiger partial charge in [0.05, 0.1) is 13.1 Å². The van der Waals surface area contributed by atoms with Crippen LogP contribution in [0.5, 0.6) is 0 Å². The lowest BCUT2D eigenvalue weighted by atomic mass is 9.96. The standard InChI is InChI=1S/C24H23N5O3/c30-21(15-26-23(31)16-4-2-1-3-5-16)29-10-8-17(9-11-29)24-27-22(28-32-24)18-6-7-19-13-25-14-20(19)12-18/h1-7,12-13,17H,8-11,14-15H2,(H,26,31). The van der Waals surface area contributed by atoms with Gasteiger partial charge in [-0.1, -0.05) is 35.5 Å². The van der Waals surface area contributed by atoms with Crippen molar-refractivity contribution in [2.24, 2.45) is 4.99 Å². The molecule has 2 aliphatic rings. The molecule has 32 heavy (non-hydrogen) atoms. The maximum absolute atomic E-state index is 12.5. The van der Waals surface area contributed by atoms with Crippen molar-refractivity contribution in [1.82, 2.24) is 20.4 Å². The molecule has 162 valence electrons. The molecule has 3 aromatic rings. The molecule has 0 saturated carbocycles. The van der Waals surface area contributed by atoms with E-state index in [0.29, 0.717) is 36.9 Å². The summed E-state index contributed by atoms with van der Waals surface area (Å²) in [6, 6.07) is 14.9. The minimum atomic E-state index is -0.245. The van der Waals surface area contributed by atoms with Crippen LogP contribution in [0.2, 0.25) is 0 Å². The summed E-state index contributed by atoms with van der Waals surface area (Å²) >= 11 is 0. The monoisotopic (exact) mass is 429 g/mol. The summed E-state index contributed by atoms with van der Waals surface area (Å²) in [5.74, 6) is 0.986. The fourth-order valence-corrected chi connectivity index (χ4v) is 4.10. The van der Waals surface area contributed by atoms with Crippen LogP contribution in [0.3, 0.4) is 0 Å². The van der Waals surface area contributed by atoms with Crippen LogP contribution in [-0.4, -0.2) is 52.7 Å². The van der Waals surface area contributed by atoms with Gasteiger partial charge in [0.15, 0.2) is 0 Å². The molecule has 2 aromatic carbocycles. The summed E-state index contributed by atoms with van der Waals surface area (Å²) in [5.41, 5.74) is 3.77. The highest BCUT2D eigenvalue weighted by molar-refractivity contribution is 5.96. The third-order valence-electron chi connectivity index (χ3n) is 5.97. The number of nitrogens with zero attached hydrogens (tertiary/aromatic N) is 4. The lowest BCUT2D eigenvalue weighted by Crippen LogP contribution is -2.43. The predicted molar refractivity (Wildman–Crippen MR) is 118 cm³/mol. The van der Waals surface area contributed by atoms with Gasteiger partial charge in [-0.25, -0.2) is 0 Å². The third-order valence-corrected chi connectivity index (χ3v) is 5.97. The number of benzene rings is 2. The Morgan fingerprint density at radius 1 is 1.09 bits per heavy atom. The van der Waals surface area contributed by atoms with Gasteiger partial charge >= 0.3 is 0 Å². The Labute approximate surface area is 185 Å². The number of rotatable bonds is 5. The van der Waals surface area contributed by atoms with Crippen LogP contribution in [0, 0.1) is 0 Å². The molecule has 1 N–H and O–H groups in total. The molecule has 0 aliphatic carbocycles. The first-order valence-electron chi connectivity index (χ1n) is 10.7. The number of piperidine rings is 1. The van der Waals surface area contributed by atoms with Crippen molar-refractivity contribution in [1.29, 1.82) is 0 Å². The fraction of sp³-hybridized carbons (Fsp3) is 0.292. The maximum atomic E-state index is 12.5. The molecule has 1 aromatic heterocycles. The number of nitrogens with one attached hydrogen (secondary N) is 1. The second kappa shape index (κ2) is 8.74. The van der Waals surface area contributed by atoms with Gasteiger partial charge < -0.3 is 14.7 Å². The summed E-state index contributed by atoms with van der Waals surface area (Å²) in [6.45, 7) is 1.87. The van der Waals surface area contributed by atoms with Crippen molar-refractivity contribution in [3.8, 4) is 11.4 Å². The average Bonchev–Trinajstić information content (AvgIpc) is 3.52. The number of aromatic nitrogens is 2. The van der Waals surface area contributed by atoms with Crippen molar-refractivity contribution in [2.45, 2.75) is 25.3 Å². The molecule has 2 amide bonds. The van der Waals surface area contributed by atoms with Gasteiger partial charge in [-0.05, 0) is 42.2 Å². The number of carbonyl (C=O) groups is 2. The second-order valence-corrected chi connectivity index (χ2v) is 8.04. The topological polar surface area (TPSA) is 101 Å². The minimum absolute atomic E-state index is 0.00879. The molecule has 0 radical (unpaired) electrons. The van der Waals surface area contributed by atoms with Crippen LogP contribution in [0.1, 0.15) is 46.1 Å². The van der Waals surface area contributed by atoms with Crippen molar-refractivity contribution >= 4 is 18.0 Å². The molecule has 2 aliphatic heterocycles. The zero-order valence-electron chi connectivity index (χ0n) is 17.5. The Morgan fingerprint density at radius 3 is 2.72 bits per heavy atom. The number of amides is 2. The Balaban J connectivity index is 1.14. The Kier molecular flexibility index (Phi) is 5.49. The molecule has 8 nitrogen and oxygen atoms in total. The zero-order valence-corrected chi connectivity index (χ0v) is 17.5. The summed E-state index contributed by atoms with van der Waals surface area (Å²) in [4.78, 5) is 35.3. The normalized spacial score (nSPS) is 15.6. The highest BCUT2D eigenvalue weighted by Gasteiger charge is 2.28. The molecule has 5 rings (SSSR count). The van der Waals surface area contributed by atoms with E-state index in [9.17, 15) is 9.59 Å². The Hall–Kier alpha value is -3.81. The quantitative estimate of drug-likeness (QED) is 0.672. The van der Waals surface area contributed by atoms with E-state index in [-0.39, 0.29) is 24.3 Å². The van der Waals surface area contributed by atoms with Gasteiger partial charge in [0, 0.05) is 36.3 Å². The van der Waals surface area contributed by atoms with Crippen molar-refractivity contribution in [3.63, 3.8) is 0 Å². The van der Waals surface area contributed by atoms with Gasteiger partial charge in [0.25, 0.3) is 5.91 Å². The maximum Gasteiger partial charge on any atom is 0.251 e. The lowest BCUT2D eigenvalue weighted by molar-refractivity contribution is -0.131. The Morgan fingerprint density at radius 2 is 1.91 bits per heavy atom. The highest BCUT2D eigenvalue weighted by atomic mass is 16.5. The molecule has 3 heterocycles. The first kappa shape index (κ1) is 20.1. The predicted octanol–water partition coefficient (Wildman–Crippen LogP) is 2.81. The summed E-state index contributed by atoms with van der Waals surface area (Å²) in [5, 5.41) is 6.86. The van der Waals surface area contributed by atoms with Crippen molar-refractivity contribution < 1.29 is 14.1 Å². The van der Waals surface area contributed by atoms with Crippen LogP contribution in [-0.2, 0) is 11.3 Å². The number of hydrogen-bond acceptors (Lipinski definition) is 6. The van der Waals surface area contributed by atoms with E-state index in [4.69, 9.17) is 4.52 Å². The molecule has 1 saturated heterocycles. The van der Waals surface area contributed by atoms with E-state index in [2.05, 4.69) is 26.5 Å². The van der Waals surface area contributed by atoms with Crippen LogP contribution >= 0.6 is 0 Å². The van der Waals surface area contributed by atoms with E-state index < -0.39 is 0 Å². The molecular formula is C24H23N5O3. The molecule has 0 unspecified atom stereocenters. The number of carbonyl (C=O) groups excluding carboxylic acids is 2. The summed E-state index contributed by atoms with van der Waals surface area (Å²) < 4.78 is 5.55. The zero-order chi connectivity index (χ0) is 21.9. The van der Waals surface area contributed by atoms with E-state index >= 15 is 0 Å². The van der Waals surface area contributed by atoms with E-state index in [1.54, 1.807) is 29.2 Å². The van der Waals surface area contributed by atoms with Crippen LogP contribution in [0.4, 0.5) is 0 Å². The number of aliphatic imine (C=N–C) groups is 1. The fourth-order valence-electron chi connectivity index (χ4n) is 4.10. The van der Waals surface area contributed by atoms with Crippen molar-refractivity contribution in [3.05, 3.63) is 71.1 Å². The SMILES string of the molecule is O=C(NCC(=O)N1CCC(c2nc(-c3ccc4c(c3)CN=C4)no2)CC1)c1ccccc1. The van der Waals surface area contributed by atoms with E-state index in [0.717, 1.165) is 24.0 Å². The number of likely N-dealkylation sites (tertiary alicyclic amines) is 1. The van der Waals surface area contributed by atoms with Crippen LogP contribution in [0.25, 0.3) is 11.4 Å². The average molecular weight is 429 g/mol. The minimum Gasteiger partial charge on any atom is -0.343 e. The van der Waals surface area contributed by atoms with Gasteiger partial charge in [0.2, 0.25) is 17.6 Å². The van der Waals surface area contributed by atoms with Crippen LogP contribution in [0.15, 0.2) is 58.0 Å². The smallest absolute Gasteiger partial charge is 0.251 e. The first-order valence-corrected chi connectivity index (χ1v) is 10.7. The molecule has 1 fully saturated rings. The third kappa shape index (κ3) is 4.16. The summed E-state index contributed by atoms with van der Waals surface area (Å²) in [7, 11) is 0. The first-order chi connectivity index (χ1) is 15.7. The summed E-state index contributed by atoms with van der Waals surface area (Å²) in [6.07, 6.45) is 3.37. The number of fused-ring (bicyclic) bond motifs is 1. The van der Waals surface area contributed by atoms with Gasteiger partial charge in [-0.2, -0.15) is 4.98 Å². The molecular weight excluding hydrogens is 406 g/mol. The van der Waals surface area contributed by atoms with Crippen LogP contribution < -0.4 is 5.32 Å².